The van der Waals surface area contributed by atoms with E-state index in [0.29, 0.717) is 37.1 Å². The van der Waals surface area contributed by atoms with Crippen LogP contribution in [0.4, 0.5) is 18.9 Å². The Morgan fingerprint density at radius 1 is 1.14 bits per heavy atom. The first-order valence-electron chi connectivity index (χ1n) is 11.3. The third-order valence-electron chi connectivity index (χ3n) is 6.38. The van der Waals surface area contributed by atoms with Gasteiger partial charge in [-0.25, -0.2) is 8.42 Å². The van der Waals surface area contributed by atoms with Crippen LogP contribution in [0, 0.1) is 18.3 Å². The van der Waals surface area contributed by atoms with Crippen LogP contribution in [0.15, 0.2) is 41.3 Å². The van der Waals surface area contributed by atoms with Crippen LogP contribution in [0.1, 0.15) is 36.0 Å². The Bertz CT molecular complexity index is 1220. The fraction of sp³-hybridized carbons (Fsp3) is 0.440. The van der Waals surface area contributed by atoms with Gasteiger partial charge in [-0.2, -0.15) is 13.2 Å². The van der Waals surface area contributed by atoms with E-state index < -0.39 is 34.4 Å². The maximum Gasteiger partial charge on any atom is 0.416 e. The molecule has 2 aromatic carbocycles. The van der Waals surface area contributed by atoms with Gasteiger partial charge in [-0.3, -0.25) is 4.31 Å². The molecule has 2 aromatic rings. The zero-order valence-corrected chi connectivity index (χ0v) is 19.7. The van der Waals surface area contributed by atoms with Gasteiger partial charge in [0, 0.05) is 18.8 Å². The van der Waals surface area contributed by atoms with Crippen molar-refractivity contribution in [3.05, 3.63) is 53.1 Å². The van der Waals surface area contributed by atoms with Crippen molar-refractivity contribution in [3.63, 3.8) is 0 Å². The third kappa shape index (κ3) is 5.27. The van der Waals surface area contributed by atoms with Gasteiger partial charge in [0.1, 0.15) is 11.8 Å². The number of hydrogen-bond acceptors (Lipinski definition) is 5. The summed E-state index contributed by atoms with van der Waals surface area (Å²) >= 11 is 0. The number of nitrogens with zero attached hydrogens (tertiary/aromatic N) is 1. The van der Waals surface area contributed by atoms with Crippen molar-refractivity contribution in [2.45, 2.75) is 49.4 Å². The zero-order valence-electron chi connectivity index (χ0n) is 18.9. The van der Waals surface area contributed by atoms with Crippen LogP contribution in [-0.4, -0.2) is 39.4 Å². The van der Waals surface area contributed by atoms with E-state index in [2.05, 4.69) is 5.92 Å². The van der Waals surface area contributed by atoms with Crippen LogP contribution < -0.4 is 9.04 Å². The second kappa shape index (κ2) is 10.1. The number of alkyl halides is 3. The average molecular weight is 510 g/mol. The maximum atomic E-state index is 13.7. The van der Waals surface area contributed by atoms with Gasteiger partial charge in [0.25, 0.3) is 10.0 Å². The predicted octanol–water partition coefficient (Wildman–Crippen LogP) is 4.15. The molecule has 0 amide bonds. The summed E-state index contributed by atoms with van der Waals surface area (Å²) in [5, 5.41) is 9.87. The third-order valence-corrected chi connectivity index (χ3v) is 8.20. The summed E-state index contributed by atoms with van der Waals surface area (Å²) in [4.78, 5) is -0.132. The molecule has 1 saturated heterocycles. The van der Waals surface area contributed by atoms with Gasteiger partial charge in [0.05, 0.1) is 29.4 Å². The minimum atomic E-state index is -4.54. The van der Waals surface area contributed by atoms with Crippen molar-refractivity contribution in [1.82, 2.24) is 0 Å². The van der Waals surface area contributed by atoms with Crippen molar-refractivity contribution in [2.24, 2.45) is 5.92 Å². The van der Waals surface area contributed by atoms with E-state index in [9.17, 15) is 26.7 Å². The molecular formula is C25H26F3NO5S. The summed E-state index contributed by atoms with van der Waals surface area (Å²) in [6, 6.07) is 6.29. The number of terminal acetylenes is 1. The number of aliphatic hydroxyl groups excluding tert-OH is 1. The topological polar surface area (TPSA) is 76.1 Å². The molecule has 0 unspecified atom stereocenters. The van der Waals surface area contributed by atoms with Crippen LogP contribution in [0.2, 0.25) is 0 Å². The molecule has 188 valence electrons. The number of aliphatic hydroxyl groups is 1. The van der Waals surface area contributed by atoms with Crippen LogP contribution in [0.5, 0.6) is 5.75 Å². The number of ether oxygens (including phenoxy) is 2. The lowest BCUT2D eigenvalue weighted by Crippen LogP contribution is -2.43. The number of halogens is 3. The highest BCUT2D eigenvalue weighted by molar-refractivity contribution is 7.92. The maximum absolute atomic E-state index is 13.7. The zero-order chi connectivity index (χ0) is 25.2. The molecule has 1 fully saturated rings. The molecule has 2 aliphatic heterocycles. The highest BCUT2D eigenvalue weighted by atomic mass is 32.2. The summed E-state index contributed by atoms with van der Waals surface area (Å²) in [7, 11) is -4.24. The quantitative estimate of drug-likeness (QED) is 0.593. The van der Waals surface area contributed by atoms with E-state index in [0.717, 1.165) is 35.3 Å². The molecule has 6 nitrogen and oxygen atoms in total. The van der Waals surface area contributed by atoms with Crippen molar-refractivity contribution < 1.29 is 36.2 Å². The Morgan fingerprint density at radius 3 is 2.54 bits per heavy atom. The predicted molar refractivity (Wildman–Crippen MR) is 123 cm³/mol. The molecule has 2 heterocycles. The molecule has 35 heavy (non-hydrogen) atoms. The second-order valence-corrected chi connectivity index (χ2v) is 10.5. The highest BCUT2D eigenvalue weighted by Crippen LogP contribution is 2.39. The van der Waals surface area contributed by atoms with Crippen LogP contribution in [0.3, 0.4) is 0 Å². The van der Waals surface area contributed by atoms with E-state index in [1.165, 1.54) is 18.2 Å². The fourth-order valence-corrected chi connectivity index (χ4v) is 6.11. The van der Waals surface area contributed by atoms with Crippen molar-refractivity contribution in [3.8, 4) is 18.1 Å². The Hall–Kier alpha value is -2.74. The summed E-state index contributed by atoms with van der Waals surface area (Å²) in [5.74, 6) is 3.13. The van der Waals surface area contributed by atoms with E-state index in [1.54, 1.807) is 0 Å². The summed E-state index contributed by atoms with van der Waals surface area (Å²) in [6.07, 6.45) is 3.19. The molecule has 1 N–H and O–H groups in total. The summed E-state index contributed by atoms with van der Waals surface area (Å²) in [6.45, 7) is 1.30. The average Bonchev–Trinajstić information content (AvgIpc) is 2.86. The first-order chi connectivity index (χ1) is 16.6. The van der Waals surface area contributed by atoms with Crippen molar-refractivity contribution >= 4 is 15.7 Å². The molecule has 0 aliphatic carbocycles. The Labute approximate surface area is 202 Å². The summed E-state index contributed by atoms with van der Waals surface area (Å²) < 4.78 is 79.1. The van der Waals surface area contributed by atoms with E-state index in [4.69, 9.17) is 15.9 Å². The van der Waals surface area contributed by atoms with E-state index in [-0.39, 0.29) is 29.0 Å². The molecule has 0 spiro atoms. The smallest absolute Gasteiger partial charge is 0.416 e. The SMILES string of the molecule is C#C[C@H]1CCc2cc(C(F)(F)F)ccc2N1S(=O)(=O)c1ccc(OCC2CCOCC2)c(CO)c1. The van der Waals surface area contributed by atoms with Gasteiger partial charge in [0.15, 0.2) is 0 Å². The number of benzene rings is 2. The van der Waals surface area contributed by atoms with Crippen LogP contribution in [0.25, 0.3) is 0 Å². The van der Waals surface area contributed by atoms with Gasteiger partial charge in [0.2, 0.25) is 0 Å². The van der Waals surface area contributed by atoms with Crippen LogP contribution in [-0.2, 0) is 34.0 Å². The molecule has 0 bridgehead atoms. The molecule has 0 aromatic heterocycles. The Balaban J connectivity index is 1.66. The Kier molecular flexibility index (Phi) is 7.31. The molecule has 10 heteroatoms. The van der Waals surface area contributed by atoms with Crippen LogP contribution >= 0.6 is 0 Å². The second-order valence-electron chi connectivity index (χ2n) is 8.66. The monoisotopic (exact) mass is 509 g/mol. The molecule has 2 aliphatic rings. The van der Waals surface area contributed by atoms with Gasteiger partial charge in [-0.15, -0.1) is 6.42 Å². The number of anilines is 1. The van der Waals surface area contributed by atoms with Crippen molar-refractivity contribution in [1.29, 1.82) is 0 Å². The van der Waals surface area contributed by atoms with Gasteiger partial charge >= 0.3 is 6.18 Å². The number of aryl methyl sites for hydroxylation is 1. The lowest BCUT2D eigenvalue weighted by Gasteiger charge is -2.35. The minimum absolute atomic E-state index is 0.123. The molecule has 0 saturated carbocycles. The van der Waals surface area contributed by atoms with Crippen molar-refractivity contribution in [2.75, 3.05) is 24.1 Å². The number of fused-ring (bicyclic) bond motifs is 1. The molecule has 0 radical (unpaired) electrons. The molecular weight excluding hydrogens is 483 g/mol. The minimum Gasteiger partial charge on any atom is -0.493 e. The van der Waals surface area contributed by atoms with Gasteiger partial charge < -0.3 is 14.6 Å². The largest absolute Gasteiger partial charge is 0.493 e. The molecule has 1 atom stereocenters. The fourth-order valence-electron chi connectivity index (χ4n) is 4.42. The standard InChI is InChI=1S/C25H26F3NO5S/c1-2-21-5-3-18-13-20(25(26,27)28)4-7-23(18)29(21)35(31,32)22-6-8-24(19(14-22)15-30)34-16-17-9-11-33-12-10-17/h1,4,6-8,13-14,17,21,30H,3,5,9-12,15-16H2/t21-/m0/s1. The van der Waals surface area contributed by atoms with Gasteiger partial charge in [-0.05, 0) is 73.6 Å². The van der Waals surface area contributed by atoms with Gasteiger partial charge in [-0.1, -0.05) is 5.92 Å². The normalized spacial score (nSPS) is 19.2. The van der Waals surface area contributed by atoms with E-state index in [1.807, 2.05) is 0 Å². The lowest BCUT2D eigenvalue weighted by molar-refractivity contribution is -0.137. The van der Waals surface area contributed by atoms with E-state index >= 15 is 0 Å². The highest BCUT2D eigenvalue weighted by Gasteiger charge is 2.38. The Morgan fingerprint density at radius 2 is 1.89 bits per heavy atom. The lowest BCUT2D eigenvalue weighted by atomic mass is 9.96. The molecule has 4 rings (SSSR count). The summed E-state index contributed by atoms with van der Waals surface area (Å²) in [5.41, 5.74) is -0.173. The first kappa shape index (κ1) is 25.4. The number of sulfonamides is 1. The number of hydrogen-bond donors (Lipinski definition) is 1. The first-order valence-corrected chi connectivity index (χ1v) is 12.7. The number of rotatable bonds is 6.